The Balaban J connectivity index is 2.85. The highest BCUT2D eigenvalue weighted by Gasteiger charge is 2.35. The second-order valence-electron chi connectivity index (χ2n) is 5.22. The Morgan fingerprint density at radius 3 is 2.57 bits per heavy atom. The molecule has 0 spiro atoms. The van der Waals surface area contributed by atoms with Crippen molar-refractivity contribution in [1.29, 1.82) is 0 Å². The minimum absolute atomic E-state index is 0.138. The van der Waals surface area contributed by atoms with Crippen molar-refractivity contribution in [2.75, 3.05) is 32.2 Å². The van der Waals surface area contributed by atoms with Crippen LogP contribution in [-0.4, -0.2) is 54.8 Å². The number of hydrogen-bond acceptors (Lipinski definition) is 6. The summed E-state index contributed by atoms with van der Waals surface area (Å²) in [6.07, 6.45) is 0. The topological polar surface area (TPSA) is 122 Å². The number of aliphatic carboxylic acids is 1. The van der Waals surface area contributed by atoms with Crippen LogP contribution in [0.15, 0.2) is 24.3 Å². The Labute approximate surface area is 133 Å². The normalized spacial score (nSPS) is 13.0. The summed E-state index contributed by atoms with van der Waals surface area (Å²) in [4.78, 5) is 35.1. The van der Waals surface area contributed by atoms with E-state index in [2.05, 4.69) is 5.32 Å². The zero-order valence-electron chi connectivity index (χ0n) is 13.1. The summed E-state index contributed by atoms with van der Waals surface area (Å²) in [5.74, 6) is -1.83. The SMILES string of the molecule is COCC(C)(NC(=O)CN(C)c1ccccc1[N+](=O)[O-])C(=O)O. The lowest BCUT2D eigenvalue weighted by molar-refractivity contribution is -0.384. The van der Waals surface area contributed by atoms with Crippen LogP contribution in [0.4, 0.5) is 11.4 Å². The molecule has 9 heteroatoms. The molecule has 0 aliphatic carbocycles. The highest BCUT2D eigenvalue weighted by molar-refractivity contribution is 5.89. The predicted molar refractivity (Wildman–Crippen MR) is 82.4 cm³/mol. The largest absolute Gasteiger partial charge is 0.479 e. The van der Waals surface area contributed by atoms with Gasteiger partial charge in [0.2, 0.25) is 5.91 Å². The standard InChI is InChI=1S/C14H19N3O6/c1-14(9-23-3,13(19)20)15-12(18)8-16(2)10-6-4-5-7-11(10)17(21)22/h4-7H,8-9H2,1-3H3,(H,15,18)(H,19,20). The molecule has 0 aliphatic heterocycles. The Morgan fingerprint density at radius 1 is 1.43 bits per heavy atom. The molecule has 1 aromatic rings. The third-order valence-electron chi connectivity index (χ3n) is 3.19. The van der Waals surface area contributed by atoms with Crippen molar-refractivity contribution in [3.8, 4) is 0 Å². The van der Waals surface area contributed by atoms with Gasteiger partial charge in [0.25, 0.3) is 5.69 Å². The van der Waals surface area contributed by atoms with E-state index in [9.17, 15) is 24.8 Å². The van der Waals surface area contributed by atoms with Crippen LogP contribution in [0.1, 0.15) is 6.92 Å². The average Bonchev–Trinajstić information content (AvgIpc) is 2.46. The van der Waals surface area contributed by atoms with Gasteiger partial charge in [0.15, 0.2) is 5.54 Å². The number of hydrogen-bond donors (Lipinski definition) is 2. The Bertz CT molecular complexity index is 606. The molecular weight excluding hydrogens is 306 g/mol. The fourth-order valence-corrected chi connectivity index (χ4v) is 2.03. The predicted octanol–water partition coefficient (Wildman–Crippen LogP) is 0.637. The third kappa shape index (κ3) is 4.65. The number of methoxy groups -OCH3 is 1. The van der Waals surface area contributed by atoms with E-state index in [1.807, 2.05) is 0 Å². The van der Waals surface area contributed by atoms with E-state index < -0.39 is 22.3 Å². The van der Waals surface area contributed by atoms with Crippen molar-refractivity contribution in [2.24, 2.45) is 0 Å². The van der Waals surface area contributed by atoms with Crippen LogP contribution in [-0.2, 0) is 14.3 Å². The van der Waals surface area contributed by atoms with Gasteiger partial charge in [-0.1, -0.05) is 12.1 Å². The molecule has 1 amide bonds. The number of likely N-dealkylation sites (N-methyl/N-ethyl adjacent to an activating group) is 1. The van der Waals surface area contributed by atoms with Gasteiger partial charge in [0.05, 0.1) is 18.1 Å². The molecule has 0 fully saturated rings. The van der Waals surface area contributed by atoms with E-state index in [-0.39, 0.29) is 24.5 Å². The van der Waals surface area contributed by atoms with Crippen LogP contribution >= 0.6 is 0 Å². The molecule has 0 aliphatic rings. The molecule has 0 bridgehead atoms. The molecule has 1 rings (SSSR count). The number of rotatable bonds is 8. The first-order valence-corrected chi connectivity index (χ1v) is 6.69. The number of nitro benzene ring substituents is 1. The summed E-state index contributed by atoms with van der Waals surface area (Å²) >= 11 is 0. The molecular formula is C14H19N3O6. The number of carboxylic acids is 1. The second kappa shape index (κ2) is 7.54. The first-order chi connectivity index (χ1) is 10.7. The number of anilines is 1. The highest BCUT2D eigenvalue weighted by Crippen LogP contribution is 2.26. The summed E-state index contributed by atoms with van der Waals surface area (Å²) in [5.41, 5.74) is -1.45. The number of carbonyl (C=O) groups excluding carboxylic acids is 1. The zero-order valence-corrected chi connectivity index (χ0v) is 13.1. The summed E-state index contributed by atoms with van der Waals surface area (Å²) in [5, 5.41) is 22.6. The van der Waals surface area contributed by atoms with Gasteiger partial charge < -0.3 is 20.1 Å². The first-order valence-electron chi connectivity index (χ1n) is 6.69. The number of carbonyl (C=O) groups is 2. The summed E-state index contributed by atoms with van der Waals surface area (Å²) in [6.45, 7) is 0.877. The lowest BCUT2D eigenvalue weighted by Crippen LogP contribution is -2.57. The van der Waals surface area contributed by atoms with Gasteiger partial charge in [-0.15, -0.1) is 0 Å². The minimum atomic E-state index is -1.57. The number of carboxylic acid groups (broad SMARTS) is 1. The monoisotopic (exact) mass is 325 g/mol. The van der Waals surface area contributed by atoms with Crippen LogP contribution < -0.4 is 10.2 Å². The van der Waals surface area contributed by atoms with Crippen molar-refractivity contribution >= 4 is 23.3 Å². The van der Waals surface area contributed by atoms with Crippen LogP contribution in [0.3, 0.4) is 0 Å². The molecule has 0 heterocycles. The molecule has 126 valence electrons. The van der Waals surface area contributed by atoms with Gasteiger partial charge in [-0.05, 0) is 13.0 Å². The maximum atomic E-state index is 12.1. The quantitative estimate of drug-likeness (QED) is 0.531. The van der Waals surface area contributed by atoms with Gasteiger partial charge in [-0.2, -0.15) is 0 Å². The van der Waals surface area contributed by atoms with Crippen LogP contribution in [0, 0.1) is 10.1 Å². The second-order valence-corrected chi connectivity index (χ2v) is 5.22. The van der Waals surface area contributed by atoms with E-state index >= 15 is 0 Å². The van der Waals surface area contributed by atoms with Gasteiger partial charge in [-0.25, -0.2) is 4.79 Å². The molecule has 1 unspecified atom stereocenters. The maximum absolute atomic E-state index is 12.1. The Kier molecular flexibility index (Phi) is 6.02. The van der Waals surface area contributed by atoms with Crippen LogP contribution in [0.25, 0.3) is 0 Å². The first kappa shape index (κ1) is 18.4. The zero-order chi connectivity index (χ0) is 17.6. The summed E-state index contributed by atoms with van der Waals surface area (Å²) < 4.78 is 4.81. The summed E-state index contributed by atoms with van der Waals surface area (Å²) in [6, 6.07) is 5.98. The molecule has 0 saturated carbocycles. The maximum Gasteiger partial charge on any atom is 0.331 e. The number of nitrogens with zero attached hydrogens (tertiary/aromatic N) is 2. The molecule has 1 atom stereocenters. The van der Waals surface area contributed by atoms with Crippen molar-refractivity contribution < 1.29 is 24.4 Å². The molecule has 1 aromatic carbocycles. The molecule has 23 heavy (non-hydrogen) atoms. The van der Waals surface area contributed by atoms with Gasteiger partial charge in [0.1, 0.15) is 5.69 Å². The van der Waals surface area contributed by atoms with Crippen molar-refractivity contribution in [3.63, 3.8) is 0 Å². The van der Waals surface area contributed by atoms with E-state index in [1.54, 1.807) is 6.07 Å². The molecule has 0 saturated heterocycles. The summed E-state index contributed by atoms with van der Waals surface area (Å²) in [7, 11) is 2.84. The lowest BCUT2D eigenvalue weighted by atomic mass is 10.0. The smallest absolute Gasteiger partial charge is 0.331 e. The molecule has 2 N–H and O–H groups in total. The average molecular weight is 325 g/mol. The van der Waals surface area contributed by atoms with E-state index in [1.165, 1.54) is 44.2 Å². The van der Waals surface area contributed by atoms with Crippen molar-refractivity contribution in [2.45, 2.75) is 12.5 Å². The van der Waals surface area contributed by atoms with Crippen LogP contribution in [0.5, 0.6) is 0 Å². The van der Waals surface area contributed by atoms with E-state index in [0.29, 0.717) is 0 Å². The molecule has 9 nitrogen and oxygen atoms in total. The molecule has 0 aromatic heterocycles. The van der Waals surface area contributed by atoms with Gasteiger partial charge in [-0.3, -0.25) is 14.9 Å². The fourth-order valence-electron chi connectivity index (χ4n) is 2.03. The van der Waals surface area contributed by atoms with Gasteiger partial charge in [0, 0.05) is 20.2 Å². The Morgan fingerprint density at radius 2 is 2.04 bits per heavy atom. The Hall–Kier alpha value is -2.68. The molecule has 0 radical (unpaired) electrons. The number of para-hydroxylation sites is 2. The van der Waals surface area contributed by atoms with Crippen LogP contribution in [0.2, 0.25) is 0 Å². The van der Waals surface area contributed by atoms with Crippen molar-refractivity contribution in [1.82, 2.24) is 5.32 Å². The van der Waals surface area contributed by atoms with E-state index in [4.69, 9.17) is 4.74 Å². The van der Waals surface area contributed by atoms with E-state index in [0.717, 1.165) is 0 Å². The third-order valence-corrected chi connectivity index (χ3v) is 3.19. The lowest BCUT2D eigenvalue weighted by Gasteiger charge is -2.27. The minimum Gasteiger partial charge on any atom is -0.479 e. The van der Waals surface area contributed by atoms with Gasteiger partial charge >= 0.3 is 5.97 Å². The number of ether oxygens (including phenoxy) is 1. The van der Waals surface area contributed by atoms with Crippen molar-refractivity contribution in [3.05, 3.63) is 34.4 Å². The highest BCUT2D eigenvalue weighted by atomic mass is 16.6. The number of nitro groups is 1. The fraction of sp³-hybridized carbons (Fsp3) is 0.429. The number of amides is 1. The number of nitrogens with one attached hydrogen (secondary N) is 1. The number of benzene rings is 1.